The third-order valence-corrected chi connectivity index (χ3v) is 5.00. The lowest BCUT2D eigenvalue weighted by Gasteiger charge is -2.30. The number of carbonyl (C=O) groups is 1. The van der Waals surface area contributed by atoms with E-state index in [-0.39, 0.29) is 11.9 Å². The highest BCUT2D eigenvalue weighted by molar-refractivity contribution is 6.01. The number of rotatable bonds is 1. The lowest BCUT2D eigenvalue weighted by Crippen LogP contribution is -2.44. The number of nitrogens with zero attached hydrogens (tertiary/aromatic N) is 1. The van der Waals surface area contributed by atoms with E-state index in [2.05, 4.69) is 28.4 Å². The summed E-state index contributed by atoms with van der Waals surface area (Å²) in [6.07, 6.45) is 5.15. The van der Waals surface area contributed by atoms with Crippen LogP contribution in [0.3, 0.4) is 0 Å². The zero-order chi connectivity index (χ0) is 12.8. The molecule has 0 radical (unpaired) electrons. The number of fused-ring (bicyclic) bond motifs is 3. The van der Waals surface area contributed by atoms with Gasteiger partial charge in [-0.05, 0) is 29.9 Å². The van der Waals surface area contributed by atoms with Crippen LogP contribution in [0, 0.1) is 0 Å². The second kappa shape index (κ2) is 4.34. The molecule has 100 valence electrons. The third-order valence-electron chi connectivity index (χ3n) is 5.00. The summed E-state index contributed by atoms with van der Waals surface area (Å²) in [5, 5.41) is 3.41. The number of nitrogens with one attached hydrogen (secondary N) is 1. The third kappa shape index (κ3) is 1.64. The fourth-order valence-electron chi connectivity index (χ4n) is 4.06. The van der Waals surface area contributed by atoms with Gasteiger partial charge in [-0.25, -0.2) is 0 Å². The number of carbonyl (C=O) groups excluding carboxylic acids is 1. The van der Waals surface area contributed by atoms with Crippen LogP contribution >= 0.6 is 0 Å². The largest absolute Gasteiger partial charge is 0.329 e. The van der Waals surface area contributed by atoms with Gasteiger partial charge in [-0.3, -0.25) is 4.79 Å². The first-order valence-corrected chi connectivity index (χ1v) is 7.51. The predicted octanol–water partition coefficient (Wildman–Crippen LogP) is 2.44. The zero-order valence-electron chi connectivity index (χ0n) is 11.2. The van der Waals surface area contributed by atoms with E-state index < -0.39 is 0 Å². The molecule has 3 aliphatic rings. The van der Waals surface area contributed by atoms with Gasteiger partial charge in [-0.1, -0.05) is 31.0 Å². The molecular formula is C16H20N2O. The molecule has 1 aromatic rings. The molecular weight excluding hydrogens is 236 g/mol. The fraction of sp³-hybridized carbons (Fsp3) is 0.562. The SMILES string of the molecule is O=C1c2c(C3CCCC3)cccc2[C@@H]2CNCCN12. The minimum Gasteiger partial charge on any atom is -0.329 e. The lowest BCUT2D eigenvalue weighted by atomic mass is 9.89. The summed E-state index contributed by atoms with van der Waals surface area (Å²) < 4.78 is 0. The molecule has 2 aliphatic heterocycles. The maximum atomic E-state index is 12.7. The number of piperazine rings is 1. The monoisotopic (exact) mass is 256 g/mol. The van der Waals surface area contributed by atoms with E-state index in [0.29, 0.717) is 5.92 Å². The van der Waals surface area contributed by atoms with Crippen LogP contribution < -0.4 is 5.32 Å². The lowest BCUT2D eigenvalue weighted by molar-refractivity contribution is 0.0690. The Morgan fingerprint density at radius 1 is 1.16 bits per heavy atom. The number of amides is 1. The Morgan fingerprint density at radius 2 is 1.95 bits per heavy atom. The van der Waals surface area contributed by atoms with Gasteiger partial charge in [-0.2, -0.15) is 0 Å². The Bertz CT molecular complexity index is 519. The van der Waals surface area contributed by atoms with Crippen LogP contribution in [0.15, 0.2) is 18.2 Å². The van der Waals surface area contributed by atoms with E-state index in [1.54, 1.807) is 0 Å². The highest BCUT2D eigenvalue weighted by Crippen LogP contribution is 2.42. The van der Waals surface area contributed by atoms with Gasteiger partial charge in [0.25, 0.3) is 5.91 Å². The zero-order valence-corrected chi connectivity index (χ0v) is 11.2. The Balaban J connectivity index is 1.81. The molecule has 4 rings (SSSR count). The topological polar surface area (TPSA) is 32.3 Å². The van der Waals surface area contributed by atoms with Crippen molar-refractivity contribution in [2.24, 2.45) is 0 Å². The molecule has 0 bridgehead atoms. The minimum absolute atomic E-state index is 0.276. The average molecular weight is 256 g/mol. The quantitative estimate of drug-likeness (QED) is 0.837. The summed E-state index contributed by atoms with van der Waals surface area (Å²) in [4.78, 5) is 14.8. The number of benzene rings is 1. The van der Waals surface area contributed by atoms with E-state index in [1.807, 2.05) is 0 Å². The molecule has 2 heterocycles. The Morgan fingerprint density at radius 3 is 2.79 bits per heavy atom. The van der Waals surface area contributed by atoms with Crippen molar-refractivity contribution in [2.75, 3.05) is 19.6 Å². The van der Waals surface area contributed by atoms with Gasteiger partial charge in [0.05, 0.1) is 6.04 Å². The van der Waals surface area contributed by atoms with Crippen LogP contribution in [-0.2, 0) is 0 Å². The first-order chi connectivity index (χ1) is 9.36. The molecule has 0 spiro atoms. The van der Waals surface area contributed by atoms with Crippen LogP contribution in [0.5, 0.6) is 0 Å². The van der Waals surface area contributed by atoms with Crippen molar-refractivity contribution in [3.8, 4) is 0 Å². The molecule has 1 aliphatic carbocycles. The molecule has 19 heavy (non-hydrogen) atoms. The summed E-state index contributed by atoms with van der Waals surface area (Å²) in [5.74, 6) is 0.900. The fourth-order valence-corrected chi connectivity index (χ4v) is 4.06. The second-order valence-electron chi connectivity index (χ2n) is 6.01. The molecule has 2 fully saturated rings. The van der Waals surface area contributed by atoms with Crippen molar-refractivity contribution >= 4 is 5.91 Å². The predicted molar refractivity (Wildman–Crippen MR) is 74.3 cm³/mol. The molecule has 0 aromatic heterocycles. The molecule has 1 amide bonds. The number of hydrogen-bond donors (Lipinski definition) is 1. The van der Waals surface area contributed by atoms with Gasteiger partial charge in [0.2, 0.25) is 0 Å². The number of hydrogen-bond acceptors (Lipinski definition) is 2. The van der Waals surface area contributed by atoms with Crippen molar-refractivity contribution in [1.29, 1.82) is 0 Å². The molecule has 3 heteroatoms. The summed E-state index contributed by atoms with van der Waals surface area (Å²) in [5.41, 5.74) is 3.64. The van der Waals surface area contributed by atoms with Crippen LogP contribution in [0.1, 0.15) is 59.1 Å². The minimum atomic E-state index is 0.276. The Hall–Kier alpha value is -1.35. The van der Waals surface area contributed by atoms with Crippen molar-refractivity contribution in [2.45, 2.75) is 37.6 Å². The average Bonchev–Trinajstić information content (AvgIpc) is 3.08. The van der Waals surface area contributed by atoms with Crippen molar-refractivity contribution in [3.63, 3.8) is 0 Å². The highest BCUT2D eigenvalue weighted by atomic mass is 16.2. The molecule has 1 saturated carbocycles. The molecule has 1 saturated heterocycles. The van der Waals surface area contributed by atoms with Crippen molar-refractivity contribution in [3.05, 3.63) is 34.9 Å². The van der Waals surface area contributed by atoms with Gasteiger partial charge in [0.15, 0.2) is 0 Å². The molecule has 1 atom stereocenters. The smallest absolute Gasteiger partial charge is 0.255 e. The Labute approximate surface area is 114 Å². The summed E-state index contributed by atoms with van der Waals surface area (Å²) in [7, 11) is 0. The molecule has 1 N–H and O–H groups in total. The van der Waals surface area contributed by atoms with Gasteiger partial charge < -0.3 is 10.2 Å². The van der Waals surface area contributed by atoms with Crippen LogP contribution in [0.2, 0.25) is 0 Å². The standard InChI is InChI=1S/C16H20N2O/c19-16-15-12(11-4-1-2-5-11)6-3-7-13(15)14-10-17-8-9-18(14)16/h3,6-7,11,14,17H,1-2,4-5,8-10H2/t14-/m0/s1. The van der Waals surface area contributed by atoms with E-state index in [1.165, 1.54) is 36.8 Å². The van der Waals surface area contributed by atoms with Crippen LogP contribution in [-0.4, -0.2) is 30.4 Å². The maximum absolute atomic E-state index is 12.7. The van der Waals surface area contributed by atoms with E-state index >= 15 is 0 Å². The van der Waals surface area contributed by atoms with Gasteiger partial charge >= 0.3 is 0 Å². The Kier molecular flexibility index (Phi) is 2.62. The first-order valence-electron chi connectivity index (χ1n) is 7.51. The molecule has 3 nitrogen and oxygen atoms in total. The first kappa shape index (κ1) is 11.5. The summed E-state index contributed by atoms with van der Waals surface area (Å²) in [6.45, 7) is 2.68. The van der Waals surface area contributed by atoms with E-state index in [4.69, 9.17) is 0 Å². The normalized spacial score (nSPS) is 26.6. The summed E-state index contributed by atoms with van der Waals surface area (Å²) >= 11 is 0. The van der Waals surface area contributed by atoms with Gasteiger partial charge in [0, 0.05) is 25.2 Å². The van der Waals surface area contributed by atoms with E-state index in [9.17, 15) is 4.79 Å². The van der Waals surface area contributed by atoms with Gasteiger partial charge in [0.1, 0.15) is 0 Å². The highest BCUT2D eigenvalue weighted by Gasteiger charge is 2.40. The van der Waals surface area contributed by atoms with Gasteiger partial charge in [-0.15, -0.1) is 0 Å². The molecule has 0 unspecified atom stereocenters. The van der Waals surface area contributed by atoms with Crippen LogP contribution in [0.25, 0.3) is 0 Å². The van der Waals surface area contributed by atoms with Crippen molar-refractivity contribution in [1.82, 2.24) is 10.2 Å². The van der Waals surface area contributed by atoms with Crippen LogP contribution in [0.4, 0.5) is 0 Å². The van der Waals surface area contributed by atoms with E-state index in [0.717, 1.165) is 25.2 Å². The van der Waals surface area contributed by atoms with Crippen molar-refractivity contribution < 1.29 is 4.79 Å². The maximum Gasteiger partial charge on any atom is 0.255 e. The second-order valence-corrected chi connectivity index (χ2v) is 6.01. The molecule has 1 aromatic carbocycles. The summed E-state index contributed by atoms with van der Waals surface area (Å²) in [6, 6.07) is 6.78.